The first-order valence-electron chi connectivity index (χ1n) is 7.58. The number of hydrogen-bond donors (Lipinski definition) is 2. The first-order valence-corrected chi connectivity index (χ1v) is 7.58. The average Bonchev–Trinajstić information content (AvgIpc) is 3.18. The summed E-state index contributed by atoms with van der Waals surface area (Å²) in [5, 5.41) is 24.7. The fraction of sp³-hybridized carbons (Fsp3) is 0.176. The van der Waals surface area contributed by atoms with Crippen molar-refractivity contribution < 1.29 is 9.90 Å². The largest absolute Gasteiger partial charge is 0.375 e. The van der Waals surface area contributed by atoms with Gasteiger partial charge in [0.1, 0.15) is 0 Å². The van der Waals surface area contributed by atoms with Crippen LogP contribution in [0.3, 0.4) is 0 Å². The van der Waals surface area contributed by atoms with Gasteiger partial charge in [-0.25, -0.2) is 0 Å². The molecule has 4 rings (SSSR count). The Kier molecular flexibility index (Phi) is 3.35. The molecular formula is C17H15N5O2. The smallest absolute Gasteiger partial charge is 0.264 e. The van der Waals surface area contributed by atoms with Crippen molar-refractivity contribution in [1.29, 1.82) is 0 Å². The second-order valence-corrected chi connectivity index (χ2v) is 5.76. The maximum atomic E-state index is 13.0. The zero-order chi connectivity index (χ0) is 16.6. The Morgan fingerprint density at radius 2 is 1.83 bits per heavy atom. The first-order chi connectivity index (χ1) is 11.7. The number of aliphatic hydroxyl groups is 1. The van der Waals surface area contributed by atoms with E-state index in [-0.39, 0.29) is 12.3 Å². The molecule has 0 radical (unpaired) electrons. The molecule has 1 unspecified atom stereocenters. The minimum absolute atomic E-state index is 0.0232. The van der Waals surface area contributed by atoms with E-state index in [1.165, 1.54) is 0 Å². The van der Waals surface area contributed by atoms with Crippen LogP contribution in [0.4, 0.5) is 5.69 Å². The van der Waals surface area contributed by atoms with Crippen LogP contribution in [0.5, 0.6) is 0 Å². The van der Waals surface area contributed by atoms with Crippen LogP contribution in [0.25, 0.3) is 0 Å². The fourth-order valence-corrected chi connectivity index (χ4v) is 3.09. The molecule has 0 aliphatic carbocycles. The summed E-state index contributed by atoms with van der Waals surface area (Å²) in [7, 11) is 0. The SMILES string of the molecule is O=C1N(Cc2ccccc2)c2ccccc2C1(O)Cc1nn[nH]n1. The standard InChI is InChI=1S/C17H15N5O2/c23-16-17(24,10-15-18-20-21-19-15)13-8-4-5-9-14(13)22(16)11-12-6-2-1-3-7-12/h1-9,24H,10-11H2,(H,18,19,20,21). The van der Waals surface area contributed by atoms with Crippen LogP contribution < -0.4 is 4.90 Å². The molecule has 2 heterocycles. The van der Waals surface area contributed by atoms with E-state index >= 15 is 0 Å². The van der Waals surface area contributed by atoms with Crippen LogP contribution in [-0.2, 0) is 23.4 Å². The number of para-hydroxylation sites is 1. The van der Waals surface area contributed by atoms with Gasteiger partial charge in [0.05, 0.1) is 18.7 Å². The molecule has 3 aromatic rings. The number of H-pyrrole nitrogens is 1. The fourth-order valence-electron chi connectivity index (χ4n) is 3.09. The molecule has 24 heavy (non-hydrogen) atoms. The summed E-state index contributed by atoms with van der Waals surface area (Å²) in [4.78, 5) is 14.6. The number of nitrogens with zero attached hydrogens (tertiary/aromatic N) is 4. The number of carbonyl (C=O) groups excluding carboxylic acids is 1. The number of tetrazole rings is 1. The molecule has 0 spiro atoms. The first kappa shape index (κ1) is 14.5. The summed E-state index contributed by atoms with van der Waals surface area (Å²) < 4.78 is 0. The Balaban J connectivity index is 1.74. The molecule has 0 saturated heterocycles. The maximum absolute atomic E-state index is 13.0. The van der Waals surface area contributed by atoms with Gasteiger partial charge in [-0.15, -0.1) is 10.2 Å². The number of aromatic amines is 1. The number of hydrogen-bond acceptors (Lipinski definition) is 5. The van der Waals surface area contributed by atoms with Crippen molar-refractivity contribution in [3.05, 3.63) is 71.5 Å². The number of nitrogens with one attached hydrogen (secondary N) is 1. The van der Waals surface area contributed by atoms with Gasteiger partial charge in [0.2, 0.25) is 0 Å². The topological polar surface area (TPSA) is 95.0 Å². The maximum Gasteiger partial charge on any atom is 0.264 e. The summed E-state index contributed by atoms with van der Waals surface area (Å²) in [6, 6.07) is 16.9. The Morgan fingerprint density at radius 3 is 2.58 bits per heavy atom. The number of aromatic nitrogens is 4. The molecule has 1 amide bonds. The lowest BCUT2D eigenvalue weighted by Crippen LogP contribution is -2.41. The zero-order valence-corrected chi connectivity index (χ0v) is 12.8. The summed E-state index contributed by atoms with van der Waals surface area (Å²) in [6.45, 7) is 0.394. The van der Waals surface area contributed by atoms with E-state index in [0.717, 1.165) is 5.56 Å². The van der Waals surface area contributed by atoms with Gasteiger partial charge in [0, 0.05) is 5.56 Å². The van der Waals surface area contributed by atoms with Gasteiger partial charge in [0.25, 0.3) is 5.91 Å². The molecule has 0 saturated carbocycles. The summed E-state index contributed by atoms with van der Waals surface area (Å²) in [5.41, 5.74) is 0.576. The Labute approximate surface area is 137 Å². The number of amides is 1. The van der Waals surface area contributed by atoms with Crippen LogP contribution in [0.15, 0.2) is 54.6 Å². The van der Waals surface area contributed by atoms with Gasteiger partial charge in [-0.2, -0.15) is 5.21 Å². The predicted octanol–water partition coefficient (Wildman–Crippen LogP) is 1.18. The molecule has 2 N–H and O–H groups in total. The molecule has 1 aliphatic rings. The second-order valence-electron chi connectivity index (χ2n) is 5.76. The second kappa shape index (κ2) is 5.54. The highest BCUT2D eigenvalue weighted by Gasteiger charge is 2.50. The summed E-state index contributed by atoms with van der Waals surface area (Å²) >= 11 is 0. The third kappa shape index (κ3) is 2.26. The number of fused-ring (bicyclic) bond motifs is 1. The summed E-state index contributed by atoms with van der Waals surface area (Å²) in [6.07, 6.45) is -0.0232. The van der Waals surface area contributed by atoms with Crippen molar-refractivity contribution in [2.24, 2.45) is 0 Å². The molecular weight excluding hydrogens is 306 g/mol. The lowest BCUT2D eigenvalue weighted by Gasteiger charge is -2.22. The van der Waals surface area contributed by atoms with Crippen molar-refractivity contribution in [3.8, 4) is 0 Å². The number of carbonyl (C=O) groups is 1. The van der Waals surface area contributed by atoms with E-state index in [9.17, 15) is 9.90 Å². The van der Waals surface area contributed by atoms with Gasteiger partial charge in [-0.3, -0.25) is 4.79 Å². The minimum atomic E-state index is -1.69. The number of rotatable bonds is 4. The Morgan fingerprint density at radius 1 is 1.08 bits per heavy atom. The molecule has 120 valence electrons. The quantitative estimate of drug-likeness (QED) is 0.752. The highest BCUT2D eigenvalue weighted by molar-refractivity contribution is 6.06. The lowest BCUT2D eigenvalue weighted by atomic mass is 9.91. The molecule has 1 aliphatic heterocycles. The minimum Gasteiger partial charge on any atom is -0.375 e. The monoisotopic (exact) mass is 321 g/mol. The zero-order valence-electron chi connectivity index (χ0n) is 12.8. The van der Waals surface area contributed by atoms with Gasteiger partial charge in [-0.05, 0) is 11.6 Å². The van der Waals surface area contributed by atoms with E-state index in [0.29, 0.717) is 23.6 Å². The van der Waals surface area contributed by atoms with E-state index < -0.39 is 5.60 Å². The molecule has 0 fully saturated rings. The van der Waals surface area contributed by atoms with Crippen LogP contribution in [0.2, 0.25) is 0 Å². The van der Waals surface area contributed by atoms with E-state index in [4.69, 9.17) is 0 Å². The Hall–Kier alpha value is -3.06. The molecule has 2 aromatic carbocycles. The van der Waals surface area contributed by atoms with Gasteiger partial charge >= 0.3 is 0 Å². The average molecular weight is 321 g/mol. The third-order valence-corrected chi connectivity index (χ3v) is 4.23. The van der Waals surface area contributed by atoms with Crippen molar-refractivity contribution >= 4 is 11.6 Å². The van der Waals surface area contributed by atoms with E-state index in [1.807, 2.05) is 42.5 Å². The van der Waals surface area contributed by atoms with Crippen molar-refractivity contribution in [2.75, 3.05) is 4.90 Å². The van der Waals surface area contributed by atoms with E-state index in [2.05, 4.69) is 20.6 Å². The molecule has 1 aromatic heterocycles. The van der Waals surface area contributed by atoms with Crippen molar-refractivity contribution in [2.45, 2.75) is 18.6 Å². The highest BCUT2D eigenvalue weighted by Crippen LogP contribution is 2.42. The number of anilines is 1. The van der Waals surface area contributed by atoms with Crippen LogP contribution in [0.1, 0.15) is 17.0 Å². The van der Waals surface area contributed by atoms with Gasteiger partial charge in [0.15, 0.2) is 11.4 Å². The molecule has 7 nitrogen and oxygen atoms in total. The van der Waals surface area contributed by atoms with Gasteiger partial charge in [-0.1, -0.05) is 53.7 Å². The van der Waals surface area contributed by atoms with Gasteiger partial charge < -0.3 is 10.0 Å². The molecule has 1 atom stereocenters. The lowest BCUT2D eigenvalue weighted by molar-refractivity contribution is -0.136. The van der Waals surface area contributed by atoms with Crippen LogP contribution in [0, 0.1) is 0 Å². The van der Waals surface area contributed by atoms with Crippen LogP contribution >= 0.6 is 0 Å². The Bertz CT molecular complexity index is 866. The molecule has 0 bridgehead atoms. The van der Waals surface area contributed by atoms with E-state index in [1.54, 1.807) is 17.0 Å². The predicted molar refractivity (Wildman–Crippen MR) is 85.9 cm³/mol. The third-order valence-electron chi connectivity index (χ3n) is 4.23. The highest BCUT2D eigenvalue weighted by atomic mass is 16.3. The van der Waals surface area contributed by atoms with Crippen molar-refractivity contribution in [1.82, 2.24) is 20.6 Å². The van der Waals surface area contributed by atoms with Crippen molar-refractivity contribution in [3.63, 3.8) is 0 Å². The van der Waals surface area contributed by atoms with Crippen LogP contribution in [-0.4, -0.2) is 31.6 Å². The molecule has 7 heteroatoms. The normalized spacial score (nSPS) is 19.5. The summed E-state index contributed by atoms with van der Waals surface area (Å²) in [5.74, 6) is -0.0837. The number of benzene rings is 2.